The van der Waals surface area contributed by atoms with E-state index in [1.54, 1.807) is 5.51 Å². The third-order valence-electron chi connectivity index (χ3n) is 2.20. The van der Waals surface area contributed by atoms with Crippen molar-refractivity contribution in [2.45, 2.75) is 26.4 Å². The van der Waals surface area contributed by atoms with Crippen molar-refractivity contribution in [1.29, 1.82) is 0 Å². The number of rotatable bonds is 4. The molecule has 0 fully saturated rings. The summed E-state index contributed by atoms with van der Waals surface area (Å²) in [6.45, 7) is 6.29. The second-order valence-electron chi connectivity index (χ2n) is 3.61. The molecule has 1 atom stereocenters. The Balaban J connectivity index is 2.42. The van der Waals surface area contributed by atoms with Crippen molar-refractivity contribution in [2.75, 3.05) is 11.9 Å². The van der Waals surface area contributed by atoms with Gasteiger partial charge < -0.3 is 10.4 Å². The zero-order chi connectivity index (χ0) is 9.90. The molecule has 0 aliphatic carbocycles. The molecular formula is C8H15N3OS. The molecule has 74 valence electrons. The molecule has 1 aromatic heterocycles. The Bertz CT molecular complexity index is 246. The quantitative estimate of drug-likeness (QED) is 0.772. The van der Waals surface area contributed by atoms with Crippen LogP contribution in [0.25, 0.3) is 0 Å². The van der Waals surface area contributed by atoms with Crippen LogP contribution < -0.4 is 5.32 Å². The maximum atomic E-state index is 9.88. The highest BCUT2D eigenvalue weighted by molar-refractivity contribution is 7.13. The zero-order valence-corrected chi connectivity index (χ0v) is 8.93. The van der Waals surface area contributed by atoms with Crippen LogP contribution in [0.2, 0.25) is 0 Å². The van der Waals surface area contributed by atoms with Gasteiger partial charge in [-0.15, -0.1) is 10.2 Å². The lowest BCUT2D eigenvalue weighted by Gasteiger charge is -2.27. The first-order valence-corrected chi connectivity index (χ1v) is 5.13. The number of hydrogen-bond acceptors (Lipinski definition) is 5. The van der Waals surface area contributed by atoms with Gasteiger partial charge in [-0.05, 0) is 12.8 Å². The minimum atomic E-state index is -0.703. The number of aliphatic hydroxyl groups is 1. The van der Waals surface area contributed by atoms with E-state index in [2.05, 4.69) is 15.5 Å². The molecule has 13 heavy (non-hydrogen) atoms. The lowest BCUT2D eigenvalue weighted by molar-refractivity contribution is 0.0266. The average Bonchev–Trinajstić information content (AvgIpc) is 2.52. The second kappa shape index (κ2) is 4.02. The number of nitrogens with one attached hydrogen (secondary N) is 1. The van der Waals surface area contributed by atoms with Gasteiger partial charge in [0.05, 0.1) is 5.60 Å². The molecule has 2 N–H and O–H groups in total. The lowest BCUT2D eigenvalue weighted by Crippen LogP contribution is -2.38. The molecule has 0 spiro atoms. The first-order valence-electron chi connectivity index (χ1n) is 4.25. The summed E-state index contributed by atoms with van der Waals surface area (Å²) in [4.78, 5) is 0. The minimum Gasteiger partial charge on any atom is -0.388 e. The molecule has 0 aliphatic heterocycles. The van der Waals surface area contributed by atoms with Crippen LogP contribution in [-0.2, 0) is 0 Å². The van der Waals surface area contributed by atoms with E-state index >= 15 is 0 Å². The number of hydrogen-bond donors (Lipinski definition) is 2. The number of anilines is 1. The smallest absolute Gasteiger partial charge is 0.205 e. The van der Waals surface area contributed by atoms with Gasteiger partial charge in [-0.25, -0.2) is 0 Å². The van der Waals surface area contributed by atoms with Crippen LogP contribution in [0.5, 0.6) is 0 Å². The molecular weight excluding hydrogens is 186 g/mol. The van der Waals surface area contributed by atoms with Crippen LogP contribution in [-0.4, -0.2) is 27.4 Å². The lowest BCUT2D eigenvalue weighted by atomic mass is 9.93. The fraction of sp³-hybridized carbons (Fsp3) is 0.750. The van der Waals surface area contributed by atoms with E-state index in [4.69, 9.17) is 0 Å². The van der Waals surface area contributed by atoms with E-state index in [0.29, 0.717) is 6.54 Å². The summed E-state index contributed by atoms with van der Waals surface area (Å²) in [6, 6.07) is 0. The molecule has 1 heterocycles. The van der Waals surface area contributed by atoms with Crippen molar-refractivity contribution >= 4 is 16.5 Å². The van der Waals surface area contributed by atoms with E-state index in [1.807, 2.05) is 20.8 Å². The van der Waals surface area contributed by atoms with Crippen molar-refractivity contribution in [3.63, 3.8) is 0 Å². The Kier molecular flexibility index (Phi) is 3.22. The molecule has 0 bridgehead atoms. The van der Waals surface area contributed by atoms with Crippen molar-refractivity contribution in [1.82, 2.24) is 10.2 Å². The highest BCUT2D eigenvalue weighted by Crippen LogP contribution is 2.17. The Labute approximate surface area is 82.0 Å². The molecule has 0 aromatic carbocycles. The van der Waals surface area contributed by atoms with Crippen LogP contribution in [0.1, 0.15) is 20.8 Å². The third kappa shape index (κ3) is 2.93. The summed E-state index contributed by atoms with van der Waals surface area (Å²) in [5.74, 6) is 0.216. The van der Waals surface area contributed by atoms with Gasteiger partial charge in [0.1, 0.15) is 5.51 Å². The van der Waals surface area contributed by atoms with Gasteiger partial charge in [-0.1, -0.05) is 25.2 Å². The van der Waals surface area contributed by atoms with Gasteiger partial charge in [0.15, 0.2) is 0 Å². The van der Waals surface area contributed by atoms with Crippen LogP contribution in [0.15, 0.2) is 5.51 Å². The molecule has 0 aliphatic rings. The summed E-state index contributed by atoms with van der Waals surface area (Å²) in [5, 5.41) is 21.2. The van der Waals surface area contributed by atoms with E-state index in [9.17, 15) is 5.11 Å². The summed E-state index contributed by atoms with van der Waals surface area (Å²) in [5.41, 5.74) is 0.956. The highest BCUT2D eigenvalue weighted by atomic mass is 32.1. The topological polar surface area (TPSA) is 58.0 Å². The first-order chi connectivity index (χ1) is 6.02. The Morgan fingerprint density at radius 1 is 1.69 bits per heavy atom. The monoisotopic (exact) mass is 201 g/mol. The normalized spacial score (nSPS) is 15.8. The summed E-state index contributed by atoms with van der Waals surface area (Å²) < 4.78 is 0. The summed E-state index contributed by atoms with van der Waals surface area (Å²) in [6.07, 6.45) is 0. The summed E-state index contributed by atoms with van der Waals surface area (Å²) >= 11 is 1.43. The second-order valence-corrected chi connectivity index (χ2v) is 4.44. The van der Waals surface area contributed by atoms with Gasteiger partial charge in [-0.2, -0.15) is 0 Å². The zero-order valence-electron chi connectivity index (χ0n) is 8.11. The SMILES string of the molecule is CC(C)C(C)(O)CNc1nncs1. The molecule has 0 radical (unpaired) electrons. The van der Waals surface area contributed by atoms with Gasteiger partial charge in [0.25, 0.3) is 0 Å². The molecule has 0 saturated carbocycles. The fourth-order valence-corrected chi connectivity index (χ4v) is 1.15. The summed E-state index contributed by atoms with van der Waals surface area (Å²) in [7, 11) is 0. The van der Waals surface area contributed by atoms with Gasteiger partial charge in [0, 0.05) is 6.54 Å². The average molecular weight is 201 g/mol. The van der Waals surface area contributed by atoms with Crippen molar-refractivity contribution in [2.24, 2.45) is 5.92 Å². The molecule has 1 unspecified atom stereocenters. The van der Waals surface area contributed by atoms with Crippen molar-refractivity contribution in [3.05, 3.63) is 5.51 Å². The predicted octanol–water partition coefficient (Wildman–Crippen LogP) is 1.36. The third-order valence-corrected chi connectivity index (χ3v) is 2.85. The molecule has 1 rings (SSSR count). The molecule has 5 heteroatoms. The van der Waals surface area contributed by atoms with E-state index < -0.39 is 5.60 Å². The van der Waals surface area contributed by atoms with Crippen LogP contribution >= 0.6 is 11.3 Å². The molecule has 0 saturated heterocycles. The standard InChI is InChI=1S/C8H15N3OS/c1-6(2)8(3,12)4-9-7-11-10-5-13-7/h5-6,12H,4H2,1-3H3,(H,9,11). The highest BCUT2D eigenvalue weighted by Gasteiger charge is 2.24. The largest absolute Gasteiger partial charge is 0.388 e. The Morgan fingerprint density at radius 2 is 2.38 bits per heavy atom. The fourth-order valence-electron chi connectivity index (χ4n) is 0.709. The number of aromatic nitrogens is 2. The predicted molar refractivity (Wildman–Crippen MR) is 53.9 cm³/mol. The minimum absolute atomic E-state index is 0.216. The first kappa shape index (κ1) is 10.4. The van der Waals surface area contributed by atoms with Gasteiger partial charge in [-0.3, -0.25) is 0 Å². The Morgan fingerprint density at radius 3 is 2.85 bits per heavy atom. The van der Waals surface area contributed by atoms with Crippen molar-refractivity contribution in [3.8, 4) is 0 Å². The van der Waals surface area contributed by atoms with Crippen molar-refractivity contribution < 1.29 is 5.11 Å². The number of nitrogens with zero attached hydrogens (tertiary/aromatic N) is 2. The van der Waals surface area contributed by atoms with Gasteiger partial charge >= 0.3 is 0 Å². The van der Waals surface area contributed by atoms with Gasteiger partial charge in [0.2, 0.25) is 5.13 Å². The Hall–Kier alpha value is -0.680. The van der Waals surface area contributed by atoms with Crippen LogP contribution in [0.3, 0.4) is 0 Å². The molecule has 1 aromatic rings. The maximum absolute atomic E-state index is 9.88. The van der Waals surface area contributed by atoms with E-state index in [-0.39, 0.29) is 5.92 Å². The van der Waals surface area contributed by atoms with Crippen LogP contribution in [0, 0.1) is 5.92 Å². The van der Waals surface area contributed by atoms with Crippen LogP contribution in [0.4, 0.5) is 5.13 Å². The molecule has 0 amide bonds. The van der Waals surface area contributed by atoms with E-state index in [1.165, 1.54) is 11.3 Å². The molecule has 4 nitrogen and oxygen atoms in total. The maximum Gasteiger partial charge on any atom is 0.205 e. The van der Waals surface area contributed by atoms with E-state index in [0.717, 1.165) is 5.13 Å².